The van der Waals surface area contributed by atoms with Gasteiger partial charge >= 0.3 is 5.97 Å². The number of carboxylic acid groups (broad SMARTS) is 1. The second kappa shape index (κ2) is 4.69. The lowest BCUT2D eigenvalue weighted by molar-refractivity contribution is 0.0691. The van der Waals surface area contributed by atoms with Crippen molar-refractivity contribution in [1.29, 1.82) is 0 Å². The van der Waals surface area contributed by atoms with Crippen LogP contribution < -0.4 is 0 Å². The molecule has 1 aromatic carbocycles. The third kappa shape index (κ3) is 2.30. The van der Waals surface area contributed by atoms with Crippen LogP contribution in [0.5, 0.6) is 0 Å². The maximum absolute atomic E-state index is 13.8. The summed E-state index contributed by atoms with van der Waals surface area (Å²) < 4.78 is 26.2. The van der Waals surface area contributed by atoms with E-state index in [0.717, 1.165) is 6.07 Å². The van der Waals surface area contributed by atoms with E-state index < -0.39 is 22.6 Å². The second-order valence-corrected chi connectivity index (χ2v) is 4.92. The first-order chi connectivity index (χ1) is 8.49. The molecule has 94 valence electrons. The van der Waals surface area contributed by atoms with Crippen molar-refractivity contribution in [3.8, 4) is 5.69 Å². The Hall–Kier alpha value is -2.02. The molecule has 0 aliphatic heterocycles. The average Bonchev–Trinajstić information content (AvgIpc) is 2.78. The summed E-state index contributed by atoms with van der Waals surface area (Å²) >= 11 is 0. The van der Waals surface area contributed by atoms with Crippen molar-refractivity contribution < 1.29 is 18.5 Å². The van der Waals surface area contributed by atoms with Crippen molar-refractivity contribution in [3.63, 3.8) is 0 Å². The number of hydrogen-bond donors (Lipinski definition) is 1. The van der Waals surface area contributed by atoms with Gasteiger partial charge in [0.25, 0.3) is 0 Å². The fraction of sp³-hybridized carbons (Fsp3) is 0.0909. The van der Waals surface area contributed by atoms with Crippen LogP contribution >= 0.6 is 0 Å². The Bertz CT molecular complexity index is 639. The van der Waals surface area contributed by atoms with E-state index in [1.54, 1.807) is 0 Å². The largest absolute Gasteiger partial charge is 0.476 e. The van der Waals surface area contributed by atoms with Crippen LogP contribution in [0.4, 0.5) is 4.39 Å². The highest BCUT2D eigenvalue weighted by Crippen LogP contribution is 2.17. The summed E-state index contributed by atoms with van der Waals surface area (Å²) in [6, 6.07) is 4.11. The molecule has 1 N–H and O–H groups in total. The Labute approximate surface area is 104 Å². The van der Waals surface area contributed by atoms with E-state index in [1.165, 1.54) is 35.5 Å². The molecule has 0 fully saturated rings. The van der Waals surface area contributed by atoms with Gasteiger partial charge in [-0.25, -0.2) is 14.2 Å². The standard InChI is InChI=1S/C11H9FN2O3S/c1-18(17)7-2-3-10(8(12)4-7)14-5-9(11(15)16)13-6-14/h2-6H,1H3,(H,15,16). The Morgan fingerprint density at radius 3 is 2.72 bits per heavy atom. The lowest BCUT2D eigenvalue weighted by Gasteiger charge is -2.05. The summed E-state index contributed by atoms with van der Waals surface area (Å²) in [6.07, 6.45) is 3.88. The quantitative estimate of drug-likeness (QED) is 0.914. The third-order valence-electron chi connectivity index (χ3n) is 2.33. The number of halogens is 1. The molecule has 0 saturated heterocycles. The van der Waals surface area contributed by atoms with Gasteiger partial charge in [-0.1, -0.05) is 0 Å². The van der Waals surface area contributed by atoms with Gasteiger partial charge in [0.1, 0.15) is 12.1 Å². The molecule has 18 heavy (non-hydrogen) atoms. The zero-order valence-corrected chi connectivity index (χ0v) is 10.1. The Kier molecular flexibility index (Phi) is 3.24. The van der Waals surface area contributed by atoms with Gasteiger partial charge in [-0.15, -0.1) is 0 Å². The summed E-state index contributed by atoms with van der Waals surface area (Å²) in [5.74, 6) is -1.77. The smallest absolute Gasteiger partial charge is 0.356 e. The molecule has 5 nitrogen and oxygen atoms in total. The van der Waals surface area contributed by atoms with Crippen molar-refractivity contribution in [2.24, 2.45) is 0 Å². The highest BCUT2D eigenvalue weighted by molar-refractivity contribution is 7.84. The van der Waals surface area contributed by atoms with Crippen LogP contribution in [0.1, 0.15) is 10.5 Å². The lowest BCUT2D eigenvalue weighted by atomic mass is 10.3. The molecule has 1 atom stereocenters. The highest BCUT2D eigenvalue weighted by Gasteiger charge is 2.11. The zero-order valence-electron chi connectivity index (χ0n) is 9.33. The predicted molar refractivity (Wildman–Crippen MR) is 62.8 cm³/mol. The van der Waals surface area contributed by atoms with E-state index in [4.69, 9.17) is 5.11 Å². The van der Waals surface area contributed by atoms with Gasteiger partial charge in [0.15, 0.2) is 5.69 Å². The number of carbonyl (C=O) groups is 1. The minimum Gasteiger partial charge on any atom is -0.476 e. The normalized spacial score (nSPS) is 12.3. The van der Waals surface area contributed by atoms with Gasteiger partial charge in [0.2, 0.25) is 0 Å². The van der Waals surface area contributed by atoms with Crippen LogP contribution in [0.25, 0.3) is 5.69 Å². The number of hydrogen-bond acceptors (Lipinski definition) is 3. The average molecular weight is 268 g/mol. The summed E-state index contributed by atoms with van der Waals surface area (Å²) in [5.41, 5.74) is -0.0123. The van der Waals surface area contributed by atoms with E-state index in [2.05, 4.69) is 4.98 Å². The number of aromatic nitrogens is 2. The van der Waals surface area contributed by atoms with Gasteiger partial charge in [-0.3, -0.25) is 4.21 Å². The number of carboxylic acids is 1. The first-order valence-corrected chi connectivity index (χ1v) is 6.45. The number of nitrogens with zero attached hydrogens (tertiary/aromatic N) is 2. The van der Waals surface area contributed by atoms with Gasteiger partial charge in [-0.05, 0) is 18.2 Å². The summed E-state index contributed by atoms with van der Waals surface area (Å²) in [5, 5.41) is 8.72. The molecule has 0 spiro atoms. The zero-order chi connectivity index (χ0) is 13.3. The molecule has 0 saturated carbocycles. The molecule has 7 heteroatoms. The first kappa shape index (κ1) is 12.4. The maximum Gasteiger partial charge on any atom is 0.356 e. The Balaban J connectivity index is 2.44. The molecular weight excluding hydrogens is 259 g/mol. The van der Waals surface area contributed by atoms with Gasteiger partial charge in [0, 0.05) is 28.1 Å². The van der Waals surface area contributed by atoms with Crippen LogP contribution in [0.3, 0.4) is 0 Å². The molecule has 0 bridgehead atoms. The van der Waals surface area contributed by atoms with E-state index >= 15 is 0 Å². The topological polar surface area (TPSA) is 72.2 Å². The molecular formula is C11H9FN2O3S. The fourth-order valence-electron chi connectivity index (χ4n) is 1.44. The number of imidazole rings is 1. The van der Waals surface area contributed by atoms with Crippen LogP contribution in [0.15, 0.2) is 35.6 Å². The summed E-state index contributed by atoms with van der Waals surface area (Å²) in [6.45, 7) is 0. The molecule has 1 heterocycles. The van der Waals surface area contributed by atoms with Gasteiger partial charge in [0.05, 0.1) is 5.69 Å². The molecule has 1 unspecified atom stereocenters. The van der Waals surface area contributed by atoms with Crippen molar-refractivity contribution in [3.05, 3.63) is 42.2 Å². The molecule has 0 radical (unpaired) electrons. The van der Waals surface area contributed by atoms with Crippen LogP contribution in [-0.4, -0.2) is 31.1 Å². The maximum atomic E-state index is 13.8. The minimum absolute atomic E-state index is 0.157. The monoisotopic (exact) mass is 268 g/mol. The third-order valence-corrected chi connectivity index (χ3v) is 3.25. The van der Waals surface area contributed by atoms with Crippen molar-refractivity contribution in [1.82, 2.24) is 9.55 Å². The Morgan fingerprint density at radius 1 is 1.50 bits per heavy atom. The highest BCUT2D eigenvalue weighted by atomic mass is 32.2. The lowest BCUT2D eigenvalue weighted by Crippen LogP contribution is -1.98. The summed E-state index contributed by atoms with van der Waals surface area (Å²) in [4.78, 5) is 14.7. The van der Waals surface area contributed by atoms with Crippen LogP contribution in [0, 0.1) is 5.82 Å². The molecule has 2 aromatic rings. The van der Waals surface area contributed by atoms with Crippen molar-refractivity contribution in [2.45, 2.75) is 4.90 Å². The van der Waals surface area contributed by atoms with E-state index in [9.17, 15) is 13.4 Å². The minimum atomic E-state index is -1.27. The van der Waals surface area contributed by atoms with Crippen molar-refractivity contribution >= 4 is 16.8 Å². The predicted octanol–water partition coefficient (Wildman–Crippen LogP) is 1.45. The fourth-order valence-corrected chi connectivity index (χ4v) is 1.97. The van der Waals surface area contributed by atoms with E-state index in [-0.39, 0.29) is 11.4 Å². The van der Waals surface area contributed by atoms with Gasteiger partial charge in [-0.2, -0.15) is 0 Å². The van der Waals surface area contributed by atoms with Crippen LogP contribution in [-0.2, 0) is 10.8 Å². The Morgan fingerprint density at radius 2 is 2.22 bits per heavy atom. The molecule has 0 aliphatic rings. The summed E-state index contributed by atoms with van der Waals surface area (Å²) in [7, 11) is -1.27. The van der Waals surface area contributed by atoms with Crippen LogP contribution in [0.2, 0.25) is 0 Å². The number of rotatable bonds is 3. The second-order valence-electron chi connectivity index (χ2n) is 3.54. The molecule has 0 aliphatic carbocycles. The number of aromatic carboxylic acids is 1. The molecule has 1 aromatic heterocycles. The molecule has 2 rings (SSSR count). The first-order valence-electron chi connectivity index (χ1n) is 4.89. The van der Waals surface area contributed by atoms with E-state index in [0.29, 0.717) is 4.90 Å². The SMILES string of the molecule is CS(=O)c1ccc(-n2cnc(C(=O)O)c2)c(F)c1. The van der Waals surface area contributed by atoms with Crippen molar-refractivity contribution in [2.75, 3.05) is 6.26 Å². The van der Waals surface area contributed by atoms with Gasteiger partial charge < -0.3 is 9.67 Å². The van der Waals surface area contributed by atoms with E-state index in [1.807, 2.05) is 0 Å². The number of benzene rings is 1. The molecule has 0 amide bonds.